The summed E-state index contributed by atoms with van der Waals surface area (Å²) in [5.41, 5.74) is -1.59. The zero-order valence-electron chi connectivity index (χ0n) is 11.5. The Bertz CT molecular complexity index is 532. The van der Waals surface area contributed by atoms with Gasteiger partial charge in [0.05, 0.1) is 12.1 Å². The molecule has 7 heteroatoms. The Kier molecular flexibility index (Phi) is 4.13. The molecule has 1 heterocycles. The molecule has 1 aliphatic rings. The Morgan fingerprint density at radius 2 is 2.05 bits per heavy atom. The second-order valence-corrected chi connectivity index (χ2v) is 5.30. The maximum Gasteiger partial charge on any atom is 0.416 e. The molecule has 1 aromatic carbocycles. The molecule has 1 fully saturated rings. The zero-order chi connectivity index (χ0) is 15.7. The Morgan fingerprint density at radius 3 is 2.67 bits per heavy atom. The number of benzene rings is 1. The van der Waals surface area contributed by atoms with Gasteiger partial charge >= 0.3 is 12.3 Å². The molecule has 0 aromatic heterocycles. The fourth-order valence-electron chi connectivity index (χ4n) is 2.40. The Morgan fingerprint density at radius 1 is 1.38 bits per heavy atom. The third-order valence-corrected chi connectivity index (χ3v) is 3.44. The quantitative estimate of drug-likeness (QED) is 0.930. The largest absolute Gasteiger partial charge is 0.441 e. The predicted molar refractivity (Wildman–Crippen MR) is 68.4 cm³/mol. The molecule has 0 aliphatic carbocycles. The van der Waals surface area contributed by atoms with Crippen molar-refractivity contribution in [2.45, 2.75) is 31.7 Å². The Labute approximate surface area is 120 Å². The van der Waals surface area contributed by atoms with Crippen LogP contribution in [0.1, 0.15) is 24.5 Å². The topological polar surface area (TPSA) is 49.8 Å². The molecule has 1 aliphatic heterocycles. The molecular weight excluding hydrogens is 287 g/mol. The summed E-state index contributed by atoms with van der Waals surface area (Å²) in [5.74, 6) is 0. The lowest BCUT2D eigenvalue weighted by molar-refractivity contribution is -0.138. The summed E-state index contributed by atoms with van der Waals surface area (Å²) < 4.78 is 43.9. The van der Waals surface area contributed by atoms with Crippen molar-refractivity contribution in [2.24, 2.45) is 0 Å². The molecular formula is C14H16F3NO3. The van der Waals surface area contributed by atoms with E-state index < -0.39 is 23.4 Å². The van der Waals surface area contributed by atoms with E-state index >= 15 is 0 Å². The van der Waals surface area contributed by atoms with E-state index in [9.17, 15) is 18.0 Å². The van der Waals surface area contributed by atoms with Gasteiger partial charge in [0, 0.05) is 19.6 Å². The Balaban J connectivity index is 2.18. The van der Waals surface area contributed by atoms with Crippen LogP contribution in [-0.2, 0) is 17.5 Å². The van der Waals surface area contributed by atoms with Gasteiger partial charge in [-0.1, -0.05) is 18.2 Å². The fourth-order valence-corrected chi connectivity index (χ4v) is 2.40. The molecule has 1 amide bonds. The maximum atomic E-state index is 12.9. The minimum atomic E-state index is -4.46. The number of cyclic esters (lactones) is 1. The molecule has 1 unspecified atom stereocenters. The molecule has 1 atom stereocenters. The normalized spacial score (nSPS) is 22.5. The van der Waals surface area contributed by atoms with E-state index in [0.29, 0.717) is 0 Å². The van der Waals surface area contributed by atoms with Crippen LogP contribution < -0.4 is 0 Å². The number of aliphatic hydroxyl groups excluding tert-OH is 1. The lowest BCUT2D eigenvalue weighted by Gasteiger charge is -2.21. The van der Waals surface area contributed by atoms with E-state index in [1.807, 2.05) is 0 Å². The van der Waals surface area contributed by atoms with Crippen molar-refractivity contribution in [2.75, 3.05) is 13.2 Å². The van der Waals surface area contributed by atoms with Gasteiger partial charge in [-0.15, -0.1) is 0 Å². The average molecular weight is 303 g/mol. The van der Waals surface area contributed by atoms with E-state index in [-0.39, 0.29) is 31.7 Å². The maximum absolute atomic E-state index is 12.9. The van der Waals surface area contributed by atoms with Gasteiger partial charge in [0.2, 0.25) is 0 Å². The van der Waals surface area contributed by atoms with Crippen molar-refractivity contribution in [1.82, 2.24) is 4.90 Å². The zero-order valence-corrected chi connectivity index (χ0v) is 11.5. The summed E-state index contributed by atoms with van der Waals surface area (Å²) in [6.07, 6.45) is -4.88. The molecule has 116 valence electrons. The number of hydrogen-bond donors (Lipinski definition) is 1. The molecule has 1 aromatic rings. The number of rotatable bonds is 4. The van der Waals surface area contributed by atoms with Crippen LogP contribution in [0.15, 0.2) is 24.3 Å². The first-order valence-electron chi connectivity index (χ1n) is 6.49. The molecule has 1 N–H and O–H groups in total. The second kappa shape index (κ2) is 5.55. The highest BCUT2D eigenvalue weighted by molar-refractivity contribution is 5.70. The minimum Gasteiger partial charge on any atom is -0.441 e. The molecule has 21 heavy (non-hydrogen) atoms. The van der Waals surface area contributed by atoms with Crippen LogP contribution >= 0.6 is 0 Å². The highest BCUT2D eigenvalue weighted by Gasteiger charge is 2.42. The van der Waals surface area contributed by atoms with Crippen LogP contribution in [0.4, 0.5) is 18.0 Å². The first-order valence-corrected chi connectivity index (χ1v) is 6.49. The third-order valence-electron chi connectivity index (χ3n) is 3.44. The predicted octanol–water partition coefficient (Wildman–Crippen LogP) is 2.80. The van der Waals surface area contributed by atoms with Crippen LogP contribution in [0.3, 0.4) is 0 Å². The van der Waals surface area contributed by atoms with Crippen LogP contribution in [0.25, 0.3) is 0 Å². The van der Waals surface area contributed by atoms with E-state index in [1.165, 1.54) is 23.1 Å². The van der Waals surface area contributed by atoms with E-state index in [4.69, 9.17) is 9.84 Å². The van der Waals surface area contributed by atoms with Crippen molar-refractivity contribution in [3.63, 3.8) is 0 Å². The number of ether oxygens (including phenoxy) is 1. The number of alkyl halides is 3. The van der Waals surface area contributed by atoms with Crippen LogP contribution in [0, 0.1) is 0 Å². The molecule has 0 bridgehead atoms. The summed E-state index contributed by atoms with van der Waals surface area (Å²) in [6, 6.07) is 5.14. The lowest BCUT2D eigenvalue weighted by atomic mass is 10.0. The van der Waals surface area contributed by atoms with Gasteiger partial charge in [0.25, 0.3) is 0 Å². The van der Waals surface area contributed by atoms with Gasteiger partial charge in [-0.3, -0.25) is 4.90 Å². The van der Waals surface area contributed by atoms with Crippen molar-refractivity contribution < 1.29 is 27.8 Å². The van der Waals surface area contributed by atoms with Gasteiger partial charge < -0.3 is 9.84 Å². The number of amides is 1. The highest BCUT2D eigenvalue weighted by Crippen LogP contribution is 2.34. The summed E-state index contributed by atoms with van der Waals surface area (Å²) in [4.78, 5) is 13.0. The van der Waals surface area contributed by atoms with Crippen LogP contribution in [0.2, 0.25) is 0 Å². The number of halogens is 3. The number of carbonyl (C=O) groups is 1. The first-order chi connectivity index (χ1) is 9.75. The summed E-state index contributed by atoms with van der Waals surface area (Å²) in [5, 5.41) is 8.95. The average Bonchev–Trinajstić information content (AvgIpc) is 2.64. The number of hydrogen-bond acceptors (Lipinski definition) is 3. The Hall–Kier alpha value is -1.76. The lowest BCUT2D eigenvalue weighted by Crippen LogP contribution is -2.32. The van der Waals surface area contributed by atoms with Gasteiger partial charge in [-0.25, -0.2) is 4.79 Å². The second-order valence-electron chi connectivity index (χ2n) is 5.30. The standard InChI is InChI=1S/C14H16F3NO3/c1-13(6-7-19)9-18(12(20)21-13)8-10-4-2-3-5-11(10)14(15,16)17/h2-5,19H,6-9H2,1H3. The first kappa shape index (κ1) is 15.6. The molecule has 1 saturated heterocycles. The van der Waals surface area contributed by atoms with E-state index in [2.05, 4.69) is 0 Å². The molecule has 2 rings (SSSR count). The van der Waals surface area contributed by atoms with Crippen molar-refractivity contribution in [1.29, 1.82) is 0 Å². The molecule has 0 saturated carbocycles. The monoisotopic (exact) mass is 303 g/mol. The van der Waals surface area contributed by atoms with Gasteiger partial charge in [-0.2, -0.15) is 13.2 Å². The highest BCUT2D eigenvalue weighted by atomic mass is 19.4. The number of nitrogens with zero attached hydrogens (tertiary/aromatic N) is 1. The summed E-state index contributed by atoms with van der Waals surface area (Å²) in [6.45, 7) is 1.47. The molecule has 0 radical (unpaired) electrons. The van der Waals surface area contributed by atoms with Crippen molar-refractivity contribution in [3.8, 4) is 0 Å². The van der Waals surface area contributed by atoms with E-state index in [0.717, 1.165) is 6.07 Å². The van der Waals surface area contributed by atoms with Gasteiger partial charge in [0.15, 0.2) is 0 Å². The molecule has 0 spiro atoms. The number of aliphatic hydroxyl groups is 1. The third kappa shape index (κ3) is 3.47. The summed E-state index contributed by atoms with van der Waals surface area (Å²) in [7, 11) is 0. The minimum absolute atomic E-state index is 0.0233. The van der Waals surface area contributed by atoms with Crippen molar-refractivity contribution in [3.05, 3.63) is 35.4 Å². The van der Waals surface area contributed by atoms with Crippen LogP contribution in [-0.4, -0.2) is 34.9 Å². The molecule has 4 nitrogen and oxygen atoms in total. The van der Waals surface area contributed by atoms with Crippen molar-refractivity contribution >= 4 is 6.09 Å². The fraction of sp³-hybridized carbons (Fsp3) is 0.500. The smallest absolute Gasteiger partial charge is 0.416 e. The van der Waals surface area contributed by atoms with Crippen LogP contribution in [0.5, 0.6) is 0 Å². The van der Waals surface area contributed by atoms with Gasteiger partial charge in [0.1, 0.15) is 5.60 Å². The SMILES string of the molecule is CC1(CCO)CN(Cc2ccccc2C(F)(F)F)C(=O)O1. The van der Waals surface area contributed by atoms with E-state index in [1.54, 1.807) is 6.92 Å². The number of carbonyl (C=O) groups excluding carboxylic acids is 1. The van der Waals surface area contributed by atoms with Gasteiger partial charge in [-0.05, 0) is 18.6 Å². The summed E-state index contributed by atoms with van der Waals surface area (Å²) >= 11 is 0.